The van der Waals surface area contributed by atoms with Gasteiger partial charge in [-0.2, -0.15) is 5.26 Å². The summed E-state index contributed by atoms with van der Waals surface area (Å²) in [5.74, 6) is -0.0140. The molecular formula is C15H10Cl2N2O2. The Morgan fingerprint density at radius 2 is 2.00 bits per heavy atom. The van der Waals surface area contributed by atoms with E-state index in [2.05, 4.69) is 5.32 Å². The minimum Gasteiger partial charge on any atom is -0.496 e. The number of amides is 1. The third-order valence-corrected chi connectivity index (χ3v) is 3.30. The van der Waals surface area contributed by atoms with Gasteiger partial charge in [0.15, 0.2) is 0 Å². The molecule has 0 atom stereocenters. The Morgan fingerprint density at radius 1 is 1.24 bits per heavy atom. The van der Waals surface area contributed by atoms with Crippen LogP contribution in [-0.4, -0.2) is 13.0 Å². The predicted octanol–water partition coefficient (Wildman–Crippen LogP) is 4.13. The van der Waals surface area contributed by atoms with Crippen molar-refractivity contribution < 1.29 is 9.53 Å². The third kappa shape index (κ3) is 3.46. The summed E-state index contributed by atoms with van der Waals surface area (Å²) in [6.07, 6.45) is 0. The van der Waals surface area contributed by atoms with E-state index in [0.717, 1.165) is 0 Å². The zero-order valence-corrected chi connectivity index (χ0v) is 12.5. The van der Waals surface area contributed by atoms with Crippen LogP contribution in [0.1, 0.15) is 15.9 Å². The largest absolute Gasteiger partial charge is 0.496 e. The highest BCUT2D eigenvalue weighted by molar-refractivity contribution is 6.34. The number of ether oxygens (including phenoxy) is 1. The topological polar surface area (TPSA) is 62.1 Å². The normalized spacial score (nSPS) is 9.81. The van der Waals surface area contributed by atoms with Crippen LogP contribution in [0.2, 0.25) is 10.0 Å². The van der Waals surface area contributed by atoms with E-state index in [1.54, 1.807) is 30.3 Å². The summed E-state index contributed by atoms with van der Waals surface area (Å²) in [5, 5.41) is 12.2. The molecule has 2 aromatic carbocycles. The number of carbonyl (C=O) groups is 1. The summed E-state index contributed by atoms with van der Waals surface area (Å²) in [5.41, 5.74) is 1.17. The van der Waals surface area contributed by atoms with Crippen LogP contribution in [0.15, 0.2) is 36.4 Å². The van der Waals surface area contributed by atoms with E-state index in [4.69, 9.17) is 33.2 Å². The number of halogens is 2. The minimum absolute atomic E-state index is 0.287. The summed E-state index contributed by atoms with van der Waals surface area (Å²) in [7, 11) is 1.46. The Balaban J connectivity index is 2.28. The van der Waals surface area contributed by atoms with Crippen molar-refractivity contribution in [1.82, 2.24) is 0 Å². The fourth-order valence-corrected chi connectivity index (χ4v) is 2.12. The van der Waals surface area contributed by atoms with Crippen molar-refractivity contribution in [2.75, 3.05) is 12.4 Å². The zero-order chi connectivity index (χ0) is 15.4. The van der Waals surface area contributed by atoms with Crippen LogP contribution in [0, 0.1) is 11.3 Å². The van der Waals surface area contributed by atoms with Gasteiger partial charge in [0, 0.05) is 5.02 Å². The second-order valence-corrected chi connectivity index (χ2v) is 4.95. The second-order valence-electron chi connectivity index (χ2n) is 4.11. The first-order valence-electron chi connectivity index (χ1n) is 5.89. The van der Waals surface area contributed by atoms with Gasteiger partial charge in [0.05, 0.1) is 35.0 Å². The summed E-state index contributed by atoms with van der Waals surface area (Å²) in [6, 6.07) is 11.3. The number of rotatable bonds is 3. The highest BCUT2D eigenvalue weighted by Gasteiger charge is 2.14. The van der Waals surface area contributed by atoms with E-state index in [-0.39, 0.29) is 10.9 Å². The highest BCUT2D eigenvalue weighted by Crippen LogP contribution is 2.27. The molecule has 0 fully saturated rings. The number of nitriles is 1. The molecule has 2 rings (SSSR count). The average molecular weight is 321 g/mol. The minimum atomic E-state index is -0.380. The number of nitrogens with one attached hydrogen (secondary N) is 1. The summed E-state index contributed by atoms with van der Waals surface area (Å²) in [6.45, 7) is 0. The summed E-state index contributed by atoms with van der Waals surface area (Å²) < 4.78 is 5.13. The molecule has 1 amide bonds. The Morgan fingerprint density at radius 3 is 2.62 bits per heavy atom. The number of hydrogen-bond acceptors (Lipinski definition) is 3. The van der Waals surface area contributed by atoms with Gasteiger partial charge in [-0.1, -0.05) is 23.2 Å². The van der Waals surface area contributed by atoms with Crippen molar-refractivity contribution in [2.24, 2.45) is 0 Å². The standard InChI is InChI=1S/C15H10Cl2N2O2/c1-21-14-7-10(16)3-4-11(14)15(20)19-13-5-2-9(8-18)6-12(13)17/h2-7H,1H3,(H,19,20). The van der Waals surface area contributed by atoms with Crippen molar-refractivity contribution in [3.05, 3.63) is 57.6 Å². The number of nitrogens with zero attached hydrogens (tertiary/aromatic N) is 1. The van der Waals surface area contributed by atoms with Gasteiger partial charge in [0.1, 0.15) is 5.75 Å². The van der Waals surface area contributed by atoms with Crippen molar-refractivity contribution in [3.8, 4) is 11.8 Å². The van der Waals surface area contributed by atoms with Gasteiger partial charge in [0.2, 0.25) is 0 Å². The van der Waals surface area contributed by atoms with Gasteiger partial charge in [-0.3, -0.25) is 4.79 Å². The quantitative estimate of drug-likeness (QED) is 0.925. The van der Waals surface area contributed by atoms with Crippen LogP contribution in [0.5, 0.6) is 5.75 Å². The molecule has 106 valence electrons. The average Bonchev–Trinajstić information content (AvgIpc) is 2.48. The van der Waals surface area contributed by atoms with E-state index >= 15 is 0 Å². The Labute approximate surface area is 131 Å². The Kier molecular flexibility index (Phi) is 4.69. The van der Waals surface area contributed by atoms with Crippen LogP contribution in [-0.2, 0) is 0 Å². The number of benzene rings is 2. The van der Waals surface area contributed by atoms with Gasteiger partial charge in [-0.25, -0.2) is 0 Å². The lowest BCUT2D eigenvalue weighted by Gasteiger charge is -2.10. The third-order valence-electron chi connectivity index (χ3n) is 2.75. The first-order chi connectivity index (χ1) is 10.0. The monoisotopic (exact) mass is 320 g/mol. The van der Waals surface area contributed by atoms with Crippen LogP contribution in [0.3, 0.4) is 0 Å². The zero-order valence-electron chi connectivity index (χ0n) is 11.0. The van der Waals surface area contributed by atoms with Gasteiger partial charge in [-0.15, -0.1) is 0 Å². The molecule has 0 aliphatic rings. The molecule has 0 saturated heterocycles. The lowest BCUT2D eigenvalue weighted by atomic mass is 10.1. The molecule has 0 aliphatic heterocycles. The van der Waals surface area contributed by atoms with Crippen LogP contribution >= 0.6 is 23.2 Å². The van der Waals surface area contributed by atoms with Crippen molar-refractivity contribution in [3.63, 3.8) is 0 Å². The van der Waals surface area contributed by atoms with Gasteiger partial charge < -0.3 is 10.1 Å². The SMILES string of the molecule is COc1cc(Cl)ccc1C(=O)Nc1ccc(C#N)cc1Cl. The maximum absolute atomic E-state index is 12.3. The van der Waals surface area contributed by atoms with Crippen LogP contribution in [0.4, 0.5) is 5.69 Å². The maximum atomic E-state index is 12.3. The van der Waals surface area contributed by atoms with Crippen LogP contribution in [0.25, 0.3) is 0 Å². The molecule has 0 heterocycles. The molecule has 6 heteroatoms. The fourth-order valence-electron chi connectivity index (χ4n) is 1.73. The number of carbonyl (C=O) groups excluding carboxylic acids is 1. The fraction of sp³-hybridized carbons (Fsp3) is 0.0667. The molecule has 1 N–H and O–H groups in total. The first kappa shape index (κ1) is 15.2. The molecule has 2 aromatic rings. The number of hydrogen-bond donors (Lipinski definition) is 1. The first-order valence-corrected chi connectivity index (χ1v) is 6.65. The van der Waals surface area contributed by atoms with E-state index in [0.29, 0.717) is 27.6 Å². The molecule has 4 nitrogen and oxygen atoms in total. The molecule has 0 aromatic heterocycles. The molecule has 0 spiro atoms. The molecule has 0 bridgehead atoms. The van der Waals surface area contributed by atoms with E-state index in [1.807, 2.05) is 6.07 Å². The number of anilines is 1. The van der Waals surface area contributed by atoms with Gasteiger partial charge >= 0.3 is 0 Å². The smallest absolute Gasteiger partial charge is 0.259 e. The molecule has 21 heavy (non-hydrogen) atoms. The summed E-state index contributed by atoms with van der Waals surface area (Å²) in [4.78, 5) is 12.3. The molecular weight excluding hydrogens is 311 g/mol. The lowest BCUT2D eigenvalue weighted by Crippen LogP contribution is -2.13. The van der Waals surface area contributed by atoms with Crippen molar-refractivity contribution >= 4 is 34.8 Å². The van der Waals surface area contributed by atoms with Crippen molar-refractivity contribution in [2.45, 2.75) is 0 Å². The Hall–Kier alpha value is -2.22. The van der Waals surface area contributed by atoms with E-state index in [1.165, 1.54) is 13.2 Å². The van der Waals surface area contributed by atoms with E-state index < -0.39 is 0 Å². The Bertz CT molecular complexity index is 739. The second kappa shape index (κ2) is 6.49. The molecule has 0 saturated carbocycles. The number of methoxy groups -OCH3 is 1. The van der Waals surface area contributed by atoms with Crippen molar-refractivity contribution in [1.29, 1.82) is 5.26 Å². The molecule has 0 unspecified atom stereocenters. The highest BCUT2D eigenvalue weighted by atomic mass is 35.5. The van der Waals surface area contributed by atoms with Gasteiger partial charge in [-0.05, 0) is 36.4 Å². The molecule has 0 radical (unpaired) electrons. The molecule has 0 aliphatic carbocycles. The summed E-state index contributed by atoms with van der Waals surface area (Å²) >= 11 is 11.9. The van der Waals surface area contributed by atoms with Gasteiger partial charge in [0.25, 0.3) is 5.91 Å². The predicted molar refractivity (Wildman–Crippen MR) is 82.1 cm³/mol. The maximum Gasteiger partial charge on any atom is 0.259 e. The lowest BCUT2D eigenvalue weighted by molar-refractivity contribution is 0.102. The van der Waals surface area contributed by atoms with E-state index in [9.17, 15) is 4.79 Å². The van der Waals surface area contributed by atoms with Crippen LogP contribution < -0.4 is 10.1 Å².